The molecule has 0 saturated carbocycles. The van der Waals surface area contributed by atoms with Crippen molar-refractivity contribution >= 4 is 12.0 Å². The van der Waals surface area contributed by atoms with Crippen LogP contribution in [0.5, 0.6) is 0 Å². The summed E-state index contributed by atoms with van der Waals surface area (Å²) in [5, 5.41) is 10.6. The van der Waals surface area contributed by atoms with Gasteiger partial charge in [0, 0.05) is 0 Å². The van der Waals surface area contributed by atoms with Gasteiger partial charge in [-0.25, -0.2) is 10.3 Å². The highest BCUT2D eigenvalue weighted by Crippen LogP contribution is 2.00. The van der Waals surface area contributed by atoms with E-state index in [1.165, 1.54) is 12.4 Å². The van der Waals surface area contributed by atoms with Crippen molar-refractivity contribution in [3.8, 4) is 0 Å². The Labute approximate surface area is 98.5 Å². The van der Waals surface area contributed by atoms with Gasteiger partial charge in [-0.2, -0.15) is 0 Å². The summed E-state index contributed by atoms with van der Waals surface area (Å²) in [6.07, 6.45) is -0.718. The molecule has 0 aromatic heterocycles. The van der Waals surface area contributed by atoms with Gasteiger partial charge in [-0.3, -0.25) is 10.0 Å². The first-order chi connectivity index (χ1) is 8.13. The van der Waals surface area contributed by atoms with E-state index in [4.69, 9.17) is 9.94 Å². The first-order valence-corrected chi connectivity index (χ1v) is 5.04. The number of hydrogen-bond donors (Lipinski definition) is 3. The van der Waals surface area contributed by atoms with Crippen LogP contribution in [0.1, 0.15) is 12.5 Å². The maximum atomic E-state index is 11.3. The van der Waals surface area contributed by atoms with Gasteiger partial charge in [0.15, 0.2) is 0 Å². The summed E-state index contributed by atoms with van der Waals surface area (Å²) in [6.45, 7) is 1.55. The van der Waals surface area contributed by atoms with E-state index in [-0.39, 0.29) is 6.61 Å². The summed E-state index contributed by atoms with van der Waals surface area (Å²) in [5.41, 5.74) is 2.28. The molecule has 0 saturated heterocycles. The Morgan fingerprint density at radius 2 is 2.00 bits per heavy atom. The zero-order valence-corrected chi connectivity index (χ0v) is 9.34. The van der Waals surface area contributed by atoms with E-state index >= 15 is 0 Å². The SMILES string of the molecule is C[C@H](NC(=O)OCc1ccccc1)C(=O)NO. The van der Waals surface area contributed by atoms with Crippen LogP contribution in [0.2, 0.25) is 0 Å². The van der Waals surface area contributed by atoms with Crippen LogP contribution >= 0.6 is 0 Å². The molecule has 1 rings (SSSR count). The zero-order valence-electron chi connectivity index (χ0n) is 9.34. The van der Waals surface area contributed by atoms with Crippen molar-refractivity contribution in [3.05, 3.63) is 35.9 Å². The van der Waals surface area contributed by atoms with Gasteiger partial charge in [0.05, 0.1) is 0 Å². The lowest BCUT2D eigenvalue weighted by Crippen LogP contribution is -2.43. The van der Waals surface area contributed by atoms with Crippen molar-refractivity contribution in [2.45, 2.75) is 19.6 Å². The predicted molar refractivity (Wildman–Crippen MR) is 59.2 cm³/mol. The lowest BCUT2D eigenvalue weighted by molar-refractivity contribution is -0.130. The summed E-state index contributed by atoms with van der Waals surface area (Å²) in [7, 11) is 0. The molecule has 0 bridgehead atoms. The Balaban J connectivity index is 2.33. The molecule has 0 aliphatic heterocycles. The van der Waals surface area contributed by atoms with Crippen molar-refractivity contribution in [3.63, 3.8) is 0 Å². The normalized spacial score (nSPS) is 11.4. The molecule has 0 aliphatic rings. The molecule has 6 heteroatoms. The largest absolute Gasteiger partial charge is 0.445 e. The van der Waals surface area contributed by atoms with E-state index in [1.807, 2.05) is 30.3 Å². The van der Waals surface area contributed by atoms with Gasteiger partial charge in [-0.1, -0.05) is 30.3 Å². The number of amides is 2. The third kappa shape index (κ3) is 4.52. The van der Waals surface area contributed by atoms with E-state index in [0.717, 1.165) is 5.56 Å². The first-order valence-electron chi connectivity index (χ1n) is 5.04. The molecule has 0 spiro atoms. The maximum absolute atomic E-state index is 11.3. The van der Waals surface area contributed by atoms with Crippen LogP contribution in [0.25, 0.3) is 0 Å². The Morgan fingerprint density at radius 3 is 2.59 bits per heavy atom. The summed E-state index contributed by atoms with van der Waals surface area (Å²) < 4.78 is 4.88. The average Bonchev–Trinajstić information content (AvgIpc) is 2.36. The van der Waals surface area contributed by atoms with Gasteiger partial charge >= 0.3 is 6.09 Å². The number of alkyl carbamates (subject to hydrolysis) is 1. The molecule has 0 heterocycles. The summed E-state index contributed by atoms with van der Waals surface area (Å²) in [4.78, 5) is 22.1. The van der Waals surface area contributed by atoms with E-state index in [0.29, 0.717) is 0 Å². The maximum Gasteiger partial charge on any atom is 0.408 e. The molecule has 0 fully saturated rings. The van der Waals surface area contributed by atoms with Crippen LogP contribution in [0, 0.1) is 0 Å². The third-order valence-corrected chi connectivity index (χ3v) is 2.05. The number of benzene rings is 1. The minimum Gasteiger partial charge on any atom is -0.445 e. The third-order valence-electron chi connectivity index (χ3n) is 2.05. The molecule has 1 aromatic rings. The molecule has 92 valence electrons. The summed E-state index contributed by atoms with van der Waals surface area (Å²) in [5.74, 6) is -0.707. The Bertz CT molecular complexity index is 380. The van der Waals surface area contributed by atoms with Gasteiger partial charge in [-0.15, -0.1) is 0 Å². The van der Waals surface area contributed by atoms with E-state index in [1.54, 1.807) is 0 Å². The molecular weight excluding hydrogens is 224 g/mol. The molecule has 0 aliphatic carbocycles. The molecular formula is C11H14N2O4. The topological polar surface area (TPSA) is 87.7 Å². The first kappa shape index (κ1) is 13.0. The fourth-order valence-electron chi connectivity index (χ4n) is 1.10. The molecule has 0 unspecified atom stereocenters. The van der Waals surface area contributed by atoms with E-state index in [9.17, 15) is 9.59 Å². The Hall–Kier alpha value is -2.08. The Morgan fingerprint density at radius 1 is 1.35 bits per heavy atom. The number of carbonyl (C=O) groups excluding carboxylic acids is 2. The molecule has 6 nitrogen and oxygen atoms in total. The number of hydroxylamine groups is 1. The second-order valence-electron chi connectivity index (χ2n) is 3.40. The zero-order chi connectivity index (χ0) is 12.7. The quantitative estimate of drug-likeness (QED) is 0.535. The second-order valence-corrected chi connectivity index (χ2v) is 3.40. The van der Waals surface area contributed by atoms with Crippen molar-refractivity contribution in [1.29, 1.82) is 0 Å². The number of carbonyl (C=O) groups is 2. The molecule has 2 amide bonds. The van der Waals surface area contributed by atoms with Gasteiger partial charge in [0.2, 0.25) is 0 Å². The molecule has 1 aromatic carbocycles. The van der Waals surface area contributed by atoms with Gasteiger partial charge in [0.1, 0.15) is 12.6 Å². The predicted octanol–water partition coefficient (Wildman–Crippen LogP) is 0.807. The van der Waals surface area contributed by atoms with Crippen LogP contribution in [0.4, 0.5) is 4.79 Å². The highest BCUT2D eigenvalue weighted by atomic mass is 16.5. The van der Waals surface area contributed by atoms with Crippen molar-refractivity contribution in [2.24, 2.45) is 0 Å². The number of hydrogen-bond acceptors (Lipinski definition) is 4. The fourth-order valence-corrected chi connectivity index (χ4v) is 1.10. The van der Waals surface area contributed by atoms with Crippen LogP contribution in [-0.4, -0.2) is 23.2 Å². The van der Waals surface area contributed by atoms with Crippen LogP contribution in [0.3, 0.4) is 0 Å². The van der Waals surface area contributed by atoms with Crippen molar-refractivity contribution in [2.75, 3.05) is 0 Å². The summed E-state index contributed by atoms with van der Waals surface area (Å²) in [6, 6.07) is 8.30. The average molecular weight is 238 g/mol. The minimum absolute atomic E-state index is 0.125. The molecule has 17 heavy (non-hydrogen) atoms. The minimum atomic E-state index is -0.858. The standard InChI is InChI=1S/C11H14N2O4/c1-8(10(14)13-16)12-11(15)17-7-9-5-3-2-4-6-9/h2-6,8,16H,7H2,1H3,(H,12,15)(H,13,14)/t8-/m0/s1. The van der Waals surface area contributed by atoms with Crippen LogP contribution in [-0.2, 0) is 16.1 Å². The van der Waals surface area contributed by atoms with Crippen LogP contribution in [0.15, 0.2) is 30.3 Å². The summed E-state index contributed by atoms with van der Waals surface area (Å²) >= 11 is 0. The number of ether oxygens (including phenoxy) is 1. The number of rotatable bonds is 4. The monoisotopic (exact) mass is 238 g/mol. The second kappa shape index (κ2) is 6.49. The number of nitrogens with one attached hydrogen (secondary N) is 2. The van der Waals surface area contributed by atoms with Crippen molar-refractivity contribution in [1.82, 2.24) is 10.8 Å². The van der Waals surface area contributed by atoms with E-state index < -0.39 is 18.0 Å². The van der Waals surface area contributed by atoms with Crippen LogP contribution < -0.4 is 10.8 Å². The van der Waals surface area contributed by atoms with Gasteiger partial charge in [0.25, 0.3) is 5.91 Å². The van der Waals surface area contributed by atoms with Crippen molar-refractivity contribution < 1.29 is 19.5 Å². The lowest BCUT2D eigenvalue weighted by atomic mass is 10.2. The van der Waals surface area contributed by atoms with Gasteiger partial charge < -0.3 is 10.1 Å². The fraction of sp³-hybridized carbons (Fsp3) is 0.273. The van der Waals surface area contributed by atoms with Gasteiger partial charge in [-0.05, 0) is 12.5 Å². The lowest BCUT2D eigenvalue weighted by Gasteiger charge is -2.11. The highest BCUT2D eigenvalue weighted by Gasteiger charge is 2.15. The molecule has 0 radical (unpaired) electrons. The Kier molecular flexibility index (Phi) is 4.96. The molecule has 3 N–H and O–H groups in total. The molecule has 1 atom stereocenters. The highest BCUT2D eigenvalue weighted by molar-refractivity contribution is 5.84. The smallest absolute Gasteiger partial charge is 0.408 e. The van der Waals surface area contributed by atoms with E-state index in [2.05, 4.69) is 5.32 Å².